The first-order chi connectivity index (χ1) is 13.4. The van der Waals surface area contributed by atoms with Crippen molar-refractivity contribution in [2.24, 2.45) is 10.4 Å². The SMILES string of the molecule is C/C(N=O)=C(\C)NO.C/C(N=O)=C(\C)NO.C1=CC[N-]C=C1.C1CC[N-]CC1.[Co+2]. The van der Waals surface area contributed by atoms with E-state index in [4.69, 9.17) is 10.4 Å². The number of allylic oxidation sites excluding steroid dienone is 6. The average molecular weight is 455 g/mol. The molecule has 0 atom stereocenters. The van der Waals surface area contributed by atoms with Gasteiger partial charge in [-0.25, -0.2) is 0 Å². The van der Waals surface area contributed by atoms with Gasteiger partial charge in [0, 0.05) is 0 Å². The zero-order chi connectivity index (χ0) is 21.6. The zero-order valence-corrected chi connectivity index (χ0v) is 18.4. The summed E-state index contributed by atoms with van der Waals surface area (Å²) in [6, 6.07) is 0. The average Bonchev–Trinajstić information content (AvgIpc) is 2.80. The van der Waals surface area contributed by atoms with Gasteiger partial charge in [0.1, 0.15) is 11.4 Å². The van der Waals surface area contributed by atoms with Crippen molar-refractivity contribution >= 4 is 0 Å². The first-order valence-corrected chi connectivity index (χ1v) is 8.87. The van der Waals surface area contributed by atoms with E-state index >= 15 is 0 Å². The summed E-state index contributed by atoms with van der Waals surface area (Å²) in [4.78, 5) is 19.3. The normalized spacial score (nSPS) is 15.4. The molecule has 0 aromatic rings. The molecule has 0 spiro atoms. The van der Waals surface area contributed by atoms with Gasteiger partial charge in [-0.05, 0) is 38.0 Å². The van der Waals surface area contributed by atoms with Crippen molar-refractivity contribution in [1.82, 2.24) is 11.0 Å². The fourth-order valence-electron chi connectivity index (χ4n) is 1.41. The van der Waals surface area contributed by atoms with Gasteiger partial charge in [0.2, 0.25) is 0 Å². The van der Waals surface area contributed by atoms with Gasteiger partial charge in [-0.15, -0.1) is 35.5 Å². The predicted octanol–water partition coefficient (Wildman–Crippen LogP) is 4.95. The topological polar surface area (TPSA) is 152 Å². The third kappa shape index (κ3) is 22.1. The third-order valence-electron chi connectivity index (χ3n) is 3.48. The summed E-state index contributed by atoms with van der Waals surface area (Å²) in [6.45, 7) is 9.22. The van der Waals surface area contributed by atoms with Crippen LogP contribution in [0.5, 0.6) is 0 Å². The standard InChI is InChI=1S/C5H10N.C5H6N.2C4H8N2O2.Co/c2*1-2-4-6-5-3-1;2*1-3(5-7)4(2)6-8;/h1-5H2;1-4H,5H2;2*5,7H,1-2H3;/q2*-1;;;+2/b;;2*4-3-;. The Morgan fingerprint density at radius 2 is 1.34 bits per heavy atom. The van der Waals surface area contributed by atoms with Crippen molar-refractivity contribution in [2.75, 3.05) is 19.6 Å². The van der Waals surface area contributed by atoms with E-state index in [1.165, 1.54) is 33.1 Å². The maximum Gasteiger partial charge on any atom is 2.00 e. The number of hydrogen-bond donors (Lipinski definition) is 4. The van der Waals surface area contributed by atoms with Crippen LogP contribution in [0.1, 0.15) is 47.0 Å². The number of nitrogens with one attached hydrogen (secondary N) is 2. The van der Waals surface area contributed by atoms with E-state index in [2.05, 4.69) is 21.0 Å². The molecule has 4 N–H and O–H groups in total. The van der Waals surface area contributed by atoms with Crippen LogP contribution in [0, 0.1) is 9.81 Å². The summed E-state index contributed by atoms with van der Waals surface area (Å²) in [5, 5.41) is 29.5. The van der Waals surface area contributed by atoms with E-state index in [1.807, 2.05) is 18.2 Å². The number of hydroxylamine groups is 2. The Bertz CT molecular complexity index is 493. The van der Waals surface area contributed by atoms with Crippen LogP contribution in [0.25, 0.3) is 10.6 Å². The van der Waals surface area contributed by atoms with Gasteiger partial charge in [0.25, 0.3) is 0 Å². The van der Waals surface area contributed by atoms with Crippen molar-refractivity contribution in [3.05, 3.63) is 67.7 Å². The molecule has 1 fully saturated rings. The fourth-order valence-corrected chi connectivity index (χ4v) is 1.41. The molecule has 29 heavy (non-hydrogen) atoms. The molecule has 2 aliphatic heterocycles. The van der Waals surface area contributed by atoms with Gasteiger partial charge in [-0.1, -0.05) is 31.4 Å². The minimum Gasteiger partial charge on any atom is -0.687 e. The molecule has 2 heterocycles. The van der Waals surface area contributed by atoms with Gasteiger partial charge < -0.3 is 10.6 Å². The molecule has 10 nitrogen and oxygen atoms in total. The molecule has 167 valence electrons. The molecule has 0 bridgehead atoms. The Morgan fingerprint density at radius 3 is 1.45 bits per heavy atom. The second-order valence-electron chi connectivity index (χ2n) is 5.69. The molecule has 0 unspecified atom stereocenters. The van der Waals surface area contributed by atoms with Crippen LogP contribution in [0.2, 0.25) is 0 Å². The molecule has 1 saturated heterocycles. The Balaban J connectivity index is -0.000000309. The molecule has 0 amide bonds. The van der Waals surface area contributed by atoms with E-state index in [-0.39, 0.29) is 28.2 Å². The summed E-state index contributed by atoms with van der Waals surface area (Å²) in [5.74, 6) is 0. The largest absolute Gasteiger partial charge is 2.00 e. The van der Waals surface area contributed by atoms with Crippen LogP contribution >= 0.6 is 0 Å². The predicted molar refractivity (Wildman–Crippen MR) is 112 cm³/mol. The summed E-state index contributed by atoms with van der Waals surface area (Å²) in [5.41, 5.74) is 4.87. The Kier molecular flexibility index (Phi) is 26.2. The van der Waals surface area contributed by atoms with Crippen molar-refractivity contribution in [1.29, 1.82) is 0 Å². The molecule has 0 aromatic carbocycles. The molecule has 0 saturated carbocycles. The Labute approximate surface area is 183 Å². The Morgan fingerprint density at radius 1 is 0.862 bits per heavy atom. The van der Waals surface area contributed by atoms with Gasteiger partial charge >= 0.3 is 16.8 Å². The Hall–Kier alpha value is -2.05. The van der Waals surface area contributed by atoms with Crippen LogP contribution in [0.15, 0.2) is 57.6 Å². The quantitative estimate of drug-likeness (QED) is 0.348. The number of rotatable bonds is 4. The maximum absolute atomic E-state index is 9.65. The van der Waals surface area contributed by atoms with Crippen LogP contribution in [0.3, 0.4) is 0 Å². The first kappa shape index (κ1) is 31.6. The minimum absolute atomic E-state index is 0. The van der Waals surface area contributed by atoms with E-state index in [0.717, 1.165) is 19.6 Å². The zero-order valence-electron chi connectivity index (χ0n) is 17.4. The van der Waals surface area contributed by atoms with Crippen molar-refractivity contribution in [3.63, 3.8) is 0 Å². The second kappa shape index (κ2) is 24.0. The van der Waals surface area contributed by atoms with E-state index in [0.29, 0.717) is 11.4 Å². The molecule has 11 heteroatoms. The molecule has 1 radical (unpaired) electrons. The van der Waals surface area contributed by atoms with Gasteiger partial charge in [-0.2, -0.15) is 6.20 Å². The summed E-state index contributed by atoms with van der Waals surface area (Å²) >= 11 is 0. The molecular formula is C18H32CoN6O4. The number of piperidine rings is 1. The van der Waals surface area contributed by atoms with Crippen molar-refractivity contribution < 1.29 is 27.2 Å². The summed E-state index contributed by atoms with van der Waals surface area (Å²) in [6.07, 6.45) is 11.8. The summed E-state index contributed by atoms with van der Waals surface area (Å²) < 4.78 is 0. The minimum atomic E-state index is 0. The van der Waals surface area contributed by atoms with Gasteiger partial charge in [0.05, 0.1) is 11.4 Å². The summed E-state index contributed by atoms with van der Waals surface area (Å²) in [7, 11) is 0. The van der Waals surface area contributed by atoms with Crippen LogP contribution in [-0.4, -0.2) is 30.0 Å². The molecular weight excluding hydrogens is 423 g/mol. The van der Waals surface area contributed by atoms with E-state index in [1.54, 1.807) is 31.0 Å². The molecule has 2 aliphatic rings. The van der Waals surface area contributed by atoms with Gasteiger partial charge in [-0.3, -0.25) is 21.4 Å². The van der Waals surface area contributed by atoms with Crippen molar-refractivity contribution in [2.45, 2.75) is 47.0 Å². The third-order valence-corrected chi connectivity index (χ3v) is 3.48. The van der Waals surface area contributed by atoms with E-state index in [9.17, 15) is 9.81 Å². The first-order valence-electron chi connectivity index (χ1n) is 8.87. The monoisotopic (exact) mass is 455 g/mol. The number of nitrogens with zero attached hydrogens (tertiary/aromatic N) is 4. The second-order valence-corrected chi connectivity index (χ2v) is 5.69. The molecule has 0 aliphatic carbocycles. The van der Waals surface area contributed by atoms with Crippen LogP contribution < -0.4 is 11.0 Å². The number of hydrogen-bond acceptors (Lipinski definition) is 8. The molecule has 2 rings (SSSR count). The maximum atomic E-state index is 9.65. The van der Waals surface area contributed by atoms with Gasteiger partial charge in [0.15, 0.2) is 0 Å². The van der Waals surface area contributed by atoms with Crippen molar-refractivity contribution in [3.8, 4) is 0 Å². The number of nitroso groups, excluding NO2 is 2. The van der Waals surface area contributed by atoms with Crippen LogP contribution in [-0.2, 0) is 16.8 Å². The smallest absolute Gasteiger partial charge is 0.687 e. The van der Waals surface area contributed by atoms with Crippen LogP contribution in [0.4, 0.5) is 0 Å². The fraction of sp³-hybridized carbons (Fsp3) is 0.556. The molecule has 0 aromatic heterocycles. The van der Waals surface area contributed by atoms with E-state index < -0.39 is 0 Å².